The van der Waals surface area contributed by atoms with E-state index in [4.69, 9.17) is 0 Å². The van der Waals surface area contributed by atoms with Crippen molar-refractivity contribution in [3.63, 3.8) is 0 Å². The van der Waals surface area contributed by atoms with Crippen molar-refractivity contribution in [3.8, 4) is 32.1 Å². The monoisotopic (exact) mass is 381 g/mol. The van der Waals surface area contributed by atoms with Gasteiger partial charge in [0, 0.05) is 41.7 Å². The maximum Gasteiger partial charge on any atom is 0.0802 e. The molecule has 1 nitrogen and oxygen atoms in total. The van der Waals surface area contributed by atoms with Gasteiger partial charge in [-0.25, -0.2) is 0 Å². The zero-order chi connectivity index (χ0) is 17.6. The van der Waals surface area contributed by atoms with Crippen molar-refractivity contribution >= 4 is 34.0 Å². The van der Waals surface area contributed by atoms with Gasteiger partial charge in [0.05, 0.1) is 10.6 Å². The van der Waals surface area contributed by atoms with Gasteiger partial charge in [0.25, 0.3) is 0 Å². The number of aromatic nitrogens is 1. The molecule has 0 fully saturated rings. The van der Waals surface area contributed by atoms with Gasteiger partial charge in [-0.15, -0.1) is 34.0 Å². The minimum absolute atomic E-state index is 1.05. The summed E-state index contributed by atoms with van der Waals surface area (Å²) in [5.41, 5.74) is 5.12. The van der Waals surface area contributed by atoms with Gasteiger partial charge in [0.1, 0.15) is 0 Å². The van der Waals surface area contributed by atoms with Crippen LogP contribution in [0.2, 0.25) is 0 Å². The molecule has 0 saturated carbocycles. The Kier molecular flexibility index (Phi) is 4.36. The van der Waals surface area contributed by atoms with Crippen LogP contribution in [0.3, 0.4) is 0 Å². The molecule has 0 radical (unpaired) electrons. The van der Waals surface area contributed by atoms with Crippen LogP contribution in [-0.2, 0) is 0 Å². The van der Waals surface area contributed by atoms with E-state index >= 15 is 0 Å². The van der Waals surface area contributed by atoms with Crippen molar-refractivity contribution < 1.29 is 0 Å². The molecule has 4 heterocycles. The quantitative estimate of drug-likeness (QED) is 0.358. The molecular weight excluding hydrogens is 362 g/mol. The SMILES string of the molecule is Cc1cc(-c2cc(-c3ccccn3)sc2-c2cc(C)sc2C)c(C)s1. The van der Waals surface area contributed by atoms with Crippen molar-refractivity contribution in [2.75, 3.05) is 0 Å². The molecule has 126 valence electrons. The van der Waals surface area contributed by atoms with Crippen LogP contribution >= 0.6 is 34.0 Å². The molecular formula is C21H19NS3. The fourth-order valence-electron chi connectivity index (χ4n) is 3.18. The Morgan fingerprint density at radius 1 is 0.720 bits per heavy atom. The lowest BCUT2D eigenvalue weighted by molar-refractivity contribution is 1.34. The Morgan fingerprint density at radius 2 is 1.40 bits per heavy atom. The van der Waals surface area contributed by atoms with E-state index in [0.717, 1.165) is 5.69 Å². The second-order valence-electron chi connectivity index (χ2n) is 6.22. The summed E-state index contributed by atoms with van der Waals surface area (Å²) in [6.45, 7) is 8.82. The Morgan fingerprint density at radius 3 is 1.96 bits per heavy atom. The molecule has 0 aliphatic rings. The van der Waals surface area contributed by atoms with Crippen LogP contribution in [0, 0.1) is 27.7 Å². The maximum atomic E-state index is 4.56. The molecule has 0 atom stereocenters. The highest BCUT2D eigenvalue weighted by Gasteiger charge is 2.19. The molecule has 0 bridgehead atoms. The van der Waals surface area contributed by atoms with Crippen LogP contribution in [0.15, 0.2) is 42.6 Å². The molecule has 0 N–H and O–H groups in total. The second kappa shape index (κ2) is 6.52. The zero-order valence-electron chi connectivity index (χ0n) is 14.7. The van der Waals surface area contributed by atoms with E-state index in [1.54, 1.807) is 0 Å². The highest BCUT2D eigenvalue weighted by atomic mass is 32.1. The van der Waals surface area contributed by atoms with Crippen molar-refractivity contribution in [3.05, 3.63) is 62.1 Å². The van der Waals surface area contributed by atoms with Crippen LogP contribution in [0.25, 0.3) is 32.1 Å². The van der Waals surface area contributed by atoms with Gasteiger partial charge in [-0.3, -0.25) is 4.98 Å². The van der Waals surface area contributed by atoms with Crippen molar-refractivity contribution in [1.29, 1.82) is 0 Å². The minimum Gasteiger partial charge on any atom is -0.255 e. The van der Waals surface area contributed by atoms with Gasteiger partial charge in [0.15, 0.2) is 0 Å². The van der Waals surface area contributed by atoms with Crippen molar-refractivity contribution in [2.45, 2.75) is 27.7 Å². The number of rotatable bonds is 3. The average molecular weight is 382 g/mol. The minimum atomic E-state index is 1.05. The predicted octanol–water partition coefficient (Wildman–Crippen LogP) is 7.50. The molecule has 0 aromatic carbocycles. The normalized spacial score (nSPS) is 11.2. The lowest BCUT2D eigenvalue weighted by Crippen LogP contribution is -1.79. The predicted molar refractivity (Wildman–Crippen MR) is 113 cm³/mol. The highest BCUT2D eigenvalue weighted by Crippen LogP contribution is 2.47. The summed E-state index contributed by atoms with van der Waals surface area (Å²) >= 11 is 5.60. The van der Waals surface area contributed by atoms with E-state index in [2.05, 4.69) is 63.0 Å². The molecule has 0 aliphatic carbocycles. The molecule has 0 spiro atoms. The van der Waals surface area contributed by atoms with Crippen molar-refractivity contribution in [2.24, 2.45) is 0 Å². The third-order valence-corrected chi connectivity index (χ3v) is 7.39. The van der Waals surface area contributed by atoms with E-state index in [1.165, 1.54) is 46.0 Å². The van der Waals surface area contributed by atoms with E-state index in [0.29, 0.717) is 0 Å². The average Bonchev–Trinajstić information content (AvgIpc) is 3.25. The zero-order valence-corrected chi connectivity index (χ0v) is 17.2. The van der Waals surface area contributed by atoms with Crippen LogP contribution < -0.4 is 0 Å². The number of thiophene rings is 3. The summed E-state index contributed by atoms with van der Waals surface area (Å²) in [4.78, 5) is 12.7. The third-order valence-electron chi connectivity index (χ3n) is 4.27. The van der Waals surface area contributed by atoms with Gasteiger partial charge in [-0.05, 0) is 63.6 Å². The van der Waals surface area contributed by atoms with Crippen LogP contribution in [0.4, 0.5) is 0 Å². The Balaban J connectivity index is 1.96. The number of pyridine rings is 1. The molecule has 4 aromatic rings. The smallest absolute Gasteiger partial charge is 0.0802 e. The van der Waals surface area contributed by atoms with Crippen LogP contribution in [0.1, 0.15) is 19.5 Å². The van der Waals surface area contributed by atoms with E-state index in [-0.39, 0.29) is 0 Å². The molecule has 0 unspecified atom stereocenters. The summed E-state index contributed by atoms with van der Waals surface area (Å²) in [6.07, 6.45) is 1.87. The van der Waals surface area contributed by atoms with Crippen LogP contribution in [-0.4, -0.2) is 4.98 Å². The van der Waals surface area contributed by atoms with Crippen LogP contribution in [0.5, 0.6) is 0 Å². The Bertz CT molecular complexity index is 971. The first-order chi connectivity index (χ1) is 12.0. The molecule has 0 saturated heterocycles. The second-order valence-corrected chi connectivity index (χ2v) is 10.2. The lowest BCUT2D eigenvalue weighted by atomic mass is 10.0. The van der Waals surface area contributed by atoms with Gasteiger partial charge in [0.2, 0.25) is 0 Å². The molecule has 4 heteroatoms. The number of aryl methyl sites for hydroxylation is 4. The first-order valence-corrected chi connectivity index (χ1v) is 10.7. The molecule has 0 amide bonds. The fraction of sp³-hybridized carbons (Fsp3) is 0.190. The number of hydrogen-bond acceptors (Lipinski definition) is 4. The summed E-state index contributed by atoms with van der Waals surface area (Å²) in [6, 6.07) is 13.1. The lowest BCUT2D eigenvalue weighted by Gasteiger charge is -2.03. The highest BCUT2D eigenvalue weighted by molar-refractivity contribution is 7.20. The van der Waals surface area contributed by atoms with E-state index in [1.807, 2.05) is 46.3 Å². The summed E-state index contributed by atoms with van der Waals surface area (Å²) in [5, 5.41) is 0. The molecule has 0 aliphatic heterocycles. The maximum absolute atomic E-state index is 4.56. The summed E-state index contributed by atoms with van der Waals surface area (Å²) in [7, 11) is 0. The Hall–Kier alpha value is -1.75. The third kappa shape index (κ3) is 3.10. The molecule has 4 rings (SSSR count). The first-order valence-electron chi connectivity index (χ1n) is 8.23. The van der Waals surface area contributed by atoms with Crippen molar-refractivity contribution in [1.82, 2.24) is 4.98 Å². The summed E-state index contributed by atoms with van der Waals surface area (Å²) in [5.74, 6) is 0. The molecule has 4 aromatic heterocycles. The van der Waals surface area contributed by atoms with Gasteiger partial charge in [-0.2, -0.15) is 0 Å². The first kappa shape index (κ1) is 16.7. The largest absolute Gasteiger partial charge is 0.255 e. The summed E-state index contributed by atoms with van der Waals surface area (Å²) < 4.78 is 0. The van der Waals surface area contributed by atoms with Gasteiger partial charge >= 0.3 is 0 Å². The fourth-order valence-corrected chi connectivity index (χ4v) is 6.34. The Labute approximate surface area is 160 Å². The topological polar surface area (TPSA) is 12.9 Å². The van der Waals surface area contributed by atoms with Gasteiger partial charge in [-0.1, -0.05) is 6.07 Å². The van der Waals surface area contributed by atoms with E-state index < -0.39 is 0 Å². The van der Waals surface area contributed by atoms with Gasteiger partial charge < -0.3 is 0 Å². The number of hydrogen-bond donors (Lipinski definition) is 0. The number of nitrogens with zero attached hydrogens (tertiary/aromatic N) is 1. The van der Waals surface area contributed by atoms with E-state index in [9.17, 15) is 0 Å². The molecule has 25 heavy (non-hydrogen) atoms. The standard InChI is InChI=1S/C21H19NS3/c1-12-9-16(14(3)23-12)18-11-20(19-7-5-6-8-22-19)25-21(18)17-10-13(2)24-15(17)4/h5-11H,1-4H3.